The lowest BCUT2D eigenvalue weighted by molar-refractivity contribution is 0.0596. The molecule has 142 valence electrons. The molecule has 1 unspecified atom stereocenters. The van der Waals surface area contributed by atoms with Gasteiger partial charge in [0.2, 0.25) is 10.0 Å². The minimum atomic E-state index is -3.67. The van der Waals surface area contributed by atoms with Crippen molar-refractivity contribution in [3.05, 3.63) is 23.8 Å². The number of sulfonamides is 1. The van der Waals surface area contributed by atoms with Crippen molar-refractivity contribution in [3.63, 3.8) is 0 Å². The highest BCUT2D eigenvalue weighted by Crippen LogP contribution is 2.28. The maximum absolute atomic E-state index is 12.8. The number of methoxy groups -OCH3 is 2. The van der Waals surface area contributed by atoms with Crippen molar-refractivity contribution in [2.75, 3.05) is 27.3 Å². The second-order valence-electron chi connectivity index (χ2n) is 5.95. The van der Waals surface area contributed by atoms with Crippen LogP contribution in [-0.4, -0.2) is 52.0 Å². The zero-order valence-corrected chi connectivity index (χ0v) is 16.2. The first kappa shape index (κ1) is 21.7. The highest BCUT2D eigenvalue weighted by atomic mass is 35.5. The molecule has 2 N–H and O–H groups in total. The van der Waals surface area contributed by atoms with Gasteiger partial charge in [-0.2, -0.15) is 4.31 Å². The van der Waals surface area contributed by atoms with Gasteiger partial charge in [0.25, 0.3) is 0 Å². The van der Waals surface area contributed by atoms with Gasteiger partial charge in [0.05, 0.1) is 19.1 Å². The van der Waals surface area contributed by atoms with E-state index in [0.717, 1.165) is 12.8 Å². The van der Waals surface area contributed by atoms with Crippen molar-refractivity contribution in [2.24, 2.45) is 11.7 Å². The van der Waals surface area contributed by atoms with Crippen LogP contribution in [0.5, 0.6) is 5.75 Å². The van der Waals surface area contributed by atoms with Gasteiger partial charge in [-0.15, -0.1) is 12.4 Å². The minimum Gasteiger partial charge on any atom is -0.496 e. The molecule has 1 fully saturated rings. The van der Waals surface area contributed by atoms with Gasteiger partial charge in [-0.3, -0.25) is 0 Å². The van der Waals surface area contributed by atoms with Crippen molar-refractivity contribution in [1.29, 1.82) is 0 Å². The number of esters is 1. The Kier molecular flexibility index (Phi) is 7.67. The molecule has 1 aliphatic rings. The Balaban J connectivity index is 0.00000312. The van der Waals surface area contributed by atoms with E-state index in [1.54, 1.807) is 0 Å². The van der Waals surface area contributed by atoms with Gasteiger partial charge in [-0.25, -0.2) is 13.2 Å². The van der Waals surface area contributed by atoms with E-state index < -0.39 is 16.0 Å². The fourth-order valence-electron chi connectivity index (χ4n) is 2.91. The summed E-state index contributed by atoms with van der Waals surface area (Å²) < 4.78 is 36.9. The van der Waals surface area contributed by atoms with Gasteiger partial charge in [-0.1, -0.05) is 0 Å². The molecular weight excluding hydrogens is 368 g/mol. The molecule has 0 aromatic heterocycles. The van der Waals surface area contributed by atoms with Crippen LogP contribution in [0.25, 0.3) is 0 Å². The normalized spacial score (nSPS) is 17.4. The first-order chi connectivity index (χ1) is 11.3. The van der Waals surface area contributed by atoms with Crippen LogP contribution in [0.4, 0.5) is 0 Å². The summed E-state index contributed by atoms with van der Waals surface area (Å²) in [6, 6.07) is 4.27. The second-order valence-corrected chi connectivity index (χ2v) is 7.89. The van der Waals surface area contributed by atoms with Crippen molar-refractivity contribution in [1.82, 2.24) is 4.31 Å². The average molecular weight is 393 g/mol. The highest BCUT2D eigenvalue weighted by Gasteiger charge is 2.31. The average Bonchev–Trinajstić information content (AvgIpc) is 2.60. The van der Waals surface area contributed by atoms with Crippen LogP contribution < -0.4 is 10.5 Å². The Morgan fingerprint density at radius 1 is 1.28 bits per heavy atom. The number of halogens is 1. The Labute approximate surface area is 154 Å². The van der Waals surface area contributed by atoms with Gasteiger partial charge < -0.3 is 15.2 Å². The lowest BCUT2D eigenvalue weighted by Crippen LogP contribution is -2.42. The van der Waals surface area contributed by atoms with Gasteiger partial charge >= 0.3 is 5.97 Å². The molecule has 1 aliphatic heterocycles. The number of piperidine rings is 1. The summed E-state index contributed by atoms with van der Waals surface area (Å²) in [5, 5.41) is 0. The Morgan fingerprint density at radius 3 is 2.36 bits per heavy atom. The molecule has 1 saturated heterocycles. The number of hydrogen-bond donors (Lipinski definition) is 1. The molecule has 0 amide bonds. The van der Waals surface area contributed by atoms with Gasteiger partial charge in [0, 0.05) is 19.1 Å². The third kappa shape index (κ3) is 4.63. The molecule has 1 aromatic rings. The number of hydrogen-bond acceptors (Lipinski definition) is 6. The first-order valence-electron chi connectivity index (χ1n) is 7.83. The summed E-state index contributed by atoms with van der Waals surface area (Å²) in [7, 11) is -1.02. The molecule has 25 heavy (non-hydrogen) atoms. The summed E-state index contributed by atoms with van der Waals surface area (Å²) in [6.07, 6.45) is 1.47. The van der Waals surface area contributed by atoms with Crippen molar-refractivity contribution < 1.29 is 22.7 Å². The Hall–Kier alpha value is -1.35. The zero-order valence-electron chi connectivity index (χ0n) is 14.6. The summed E-state index contributed by atoms with van der Waals surface area (Å²) in [5.74, 6) is -0.0334. The van der Waals surface area contributed by atoms with Crippen LogP contribution in [-0.2, 0) is 14.8 Å². The zero-order chi connectivity index (χ0) is 17.9. The molecule has 1 aromatic carbocycles. The topological polar surface area (TPSA) is 98.9 Å². The van der Waals surface area contributed by atoms with Crippen LogP contribution in [0.2, 0.25) is 0 Å². The van der Waals surface area contributed by atoms with Crippen LogP contribution >= 0.6 is 12.4 Å². The number of carbonyl (C=O) groups is 1. The molecule has 7 nitrogen and oxygen atoms in total. The summed E-state index contributed by atoms with van der Waals surface area (Å²) in [5.41, 5.74) is 5.99. The lowest BCUT2D eigenvalue weighted by atomic mass is 9.92. The van der Waals surface area contributed by atoms with Crippen LogP contribution in [0.1, 0.15) is 30.1 Å². The molecule has 0 saturated carbocycles. The second kappa shape index (κ2) is 8.84. The molecule has 0 spiro atoms. The maximum Gasteiger partial charge on any atom is 0.341 e. The molecule has 0 bridgehead atoms. The highest BCUT2D eigenvalue weighted by molar-refractivity contribution is 7.89. The van der Waals surface area contributed by atoms with E-state index in [-0.39, 0.29) is 34.7 Å². The molecule has 0 aliphatic carbocycles. The molecule has 1 heterocycles. The number of carbonyl (C=O) groups excluding carboxylic acids is 1. The van der Waals surface area contributed by atoms with E-state index in [4.69, 9.17) is 15.2 Å². The van der Waals surface area contributed by atoms with E-state index in [1.807, 2.05) is 6.92 Å². The summed E-state index contributed by atoms with van der Waals surface area (Å²) in [6.45, 7) is 2.79. The third-order valence-electron chi connectivity index (χ3n) is 4.46. The third-order valence-corrected chi connectivity index (χ3v) is 6.35. The van der Waals surface area contributed by atoms with E-state index in [9.17, 15) is 13.2 Å². The quantitative estimate of drug-likeness (QED) is 0.765. The molecule has 0 radical (unpaired) electrons. The summed E-state index contributed by atoms with van der Waals surface area (Å²) >= 11 is 0. The Morgan fingerprint density at radius 2 is 1.88 bits per heavy atom. The van der Waals surface area contributed by atoms with Crippen LogP contribution in [0, 0.1) is 5.92 Å². The fraction of sp³-hybridized carbons (Fsp3) is 0.562. The summed E-state index contributed by atoms with van der Waals surface area (Å²) in [4.78, 5) is 11.9. The van der Waals surface area contributed by atoms with Crippen molar-refractivity contribution in [2.45, 2.75) is 30.7 Å². The number of ether oxygens (including phenoxy) is 2. The first-order valence-corrected chi connectivity index (χ1v) is 9.27. The maximum atomic E-state index is 12.8. The number of nitrogens with two attached hydrogens (primary N) is 1. The van der Waals surface area contributed by atoms with E-state index in [2.05, 4.69) is 0 Å². The molecule has 1 atom stereocenters. The number of benzene rings is 1. The smallest absolute Gasteiger partial charge is 0.341 e. The van der Waals surface area contributed by atoms with E-state index in [1.165, 1.54) is 36.7 Å². The van der Waals surface area contributed by atoms with E-state index >= 15 is 0 Å². The standard InChI is InChI=1S/C16H24N2O5S.ClH/c1-11(17)12-6-8-18(9-7-12)24(20,21)13-4-5-15(22-2)14(10-13)16(19)23-3;/h4-5,10-12H,6-9,17H2,1-3H3;1H. The predicted octanol–water partition coefficient (Wildman–Crippen LogP) is 1.65. The van der Waals surface area contributed by atoms with E-state index in [0.29, 0.717) is 19.0 Å². The fourth-order valence-corrected chi connectivity index (χ4v) is 4.40. The number of nitrogens with zero attached hydrogens (tertiary/aromatic N) is 1. The SMILES string of the molecule is COC(=O)c1cc(S(=O)(=O)N2CCC(C(C)N)CC2)ccc1OC.Cl. The van der Waals surface area contributed by atoms with Gasteiger partial charge in [0.1, 0.15) is 11.3 Å². The van der Waals surface area contributed by atoms with Crippen molar-refractivity contribution in [3.8, 4) is 5.75 Å². The van der Waals surface area contributed by atoms with Crippen LogP contribution in [0.3, 0.4) is 0 Å². The molecule has 9 heteroatoms. The van der Waals surface area contributed by atoms with Crippen LogP contribution in [0.15, 0.2) is 23.1 Å². The largest absolute Gasteiger partial charge is 0.496 e. The number of rotatable bonds is 5. The van der Waals surface area contributed by atoms with Crippen molar-refractivity contribution >= 4 is 28.4 Å². The van der Waals surface area contributed by atoms with Gasteiger partial charge in [-0.05, 0) is 43.9 Å². The monoisotopic (exact) mass is 392 g/mol. The lowest BCUT2D eigenvalue weighted by Gasteiger charge is -2.33. The molecular formula is C16H25ClN2O5S. The van der Waals surface area contributed by atoms with Gasteiger partial charge in [0.15, 0.2) is 0 Å². The predicted molar refractivity (Wildman–Crippen MR) is 96.7 cm³/mol. The Bertz CT molecular complexity index is 700. The minimum absolute atomic E-state index is 0. The molecule has 2 rings (SSSR count).